The van der Waals surface area contributed by atoms with Crippen molar-refractivity contribution < 1.29 is 9.90 Å². The van der Waals surface area contributed by atoms with Gasteiger partial charge in [-0.25, -0.2) is 4.79 Å². The first kappa shape index (κ1) is 8.75. The molecule has 0 rings (SSSR count). The molecule has 3 nitrogen and oxygen atoms in total. The maximum absolute atomic E-state index is 10.3. The molecule has 0 aromatic carbocycles. The fourth-order valence-electron chi connectivity index (χ4n) is 0.516. The second-order valence-electron chi connectivity index (χ2n) is 1.69. The molecular weight excluding hydrogens is 130 g/mol. The maximum Gasteiger partial charge on any atom is 0.337 e. The van der Waals surface area contributed by atoms with Crippen LogP contribution in [0.5, 0.6) is 0 Å². The van der Waals surface area contributed by atoms with E-state index in [4.69, 9.17) is 5.11 Å². The predicted molar refractivity (Wildman–Crippen MR) is 39.6 cm³/mol. The Morgan fingerprint density at radius 3 is 2.50 bits per heavy atom. The van der Waals surface area contributed by atoms with Gasteiger partial charge < -0.3 is 10.4 Å². The standard InChI is InChI=1S/C7H11NO2/c1-3-4-6(5-8-2)7(9)10/h3-5,8H,1-2H3,(H,9,10)/b4-3-,6-5+. The van der Waals surface area contributed by atoms with Gasteiger partial charge in [-0.1, -0.05) is 12.2 Å². The number of carboxylic acids is 1. The first-order valence-corrected chi connectivity index (χ1v) is 2.95. The zero-order valence-corrected chi connectivity index (χ0v) is 6.09. The van der Waals surface area contributed by atoms with Gasteiger partial charge in [0.2, 0.25) is 0 Å². The second-order valence-corrected chi connectivity index (χ2v) is 1.69. The van der Waals surface area contributed by atoms with Crippen LogP contribution in [0.15, 0.2) is 23.9 Å². The number of nitrogens with one attached hydrogen (secondary N) is 1. The topological polar surface area (TPSA) is 49.3 Å². The highest BCUT2D eigenvalue weighted by molar-refractivity contribution is 5.89. The zero-order chi connectivity index (χ0) is 7.98. The predicted octanol–water partition coefficient (Wildman–Crippen LogP) is 0.750. The molecule has 0 spiro atoms. The van der Waals surface area contributed by atoms with Crippen LogP contribution in [0.25, 0.3) is 0 Å². The molecule has 0 fully saturated rings. The molecule has 0 aromatic rings. The highest BCUT2D eigenvalue weighted by Crippen LogP contribution is 1.93. The molecule has 0 saturated carbocycles. The van der Waals surface area contributed by atoms with Crippen LogP contribution >= 0.6 is 0 Å². The van der Waals surface area contributed by atoms with Crippen molar-refractivity contribution in [2.45, 2.75) is 6.92 Å². The van der Waals surface area contributed by atoms with Crippen LogP contribution in [0.2, 0.25) is 0 Å². The molecule has 0 amide bonds. The summed E-state index contributed by atoms with van der Waals surface area (Å²) in [6, 6.07) is 0. The van der Waals surface area contributed by atoms with E-state index in [9.17, 15) is 4.79 Å². The molecule has 2 N–H and O–H groups in total. The number of carbonyl (C=O) groups is 1. The van der Waals surface area contributed by atoms with Crippen molar-refractivity contribution >= 4 is 5.97 Å². The van der Waals surface area contributed by atoms with Crippen molar-refractivity contribution in [3.05, 3.63) is 23.9 Å². The number of rotatable bonds is 3. The van der Waals surface area contributed by atoms with E-state index in [2.05, 4.69) is 5.32 Å². The van der Waals surface area contributed by atoms with Gasteiger partial charge in [-0.05, 0) is 6.92 Å². The summed E-state index contributed by atoms with van der Waals surface area (Å²) in [6.45, 7) is 1.77. The molecule has 0 radical (unpaired) electrons. The van der Waals surface area contributed by atoms with Gasteiger partial charge in [0.05, 0.1) is 5.57 Å². The smallest absolute Gasteiger partial charge is 0.337 e. The molecule has 0 aliphatic carbocycles. The Kier molecular flexibility index (Phi) is 4.04. The van der Waals surface area contributed by atoms with Gasteiger partial charge in [-0.2, -0.15) is 0 Å². The van der Waals surface area contributed by atoms with Crippen molar-refractivity contribution in [1.82, 2.24) is 5.32 Å². The van der Waals surface area contributed by atoms with E-state index in [-0.39, 0.29) is 5.57 Å². The molecular formula is C7H11NO2. The Labute approximate surface area is 60.1 Å². The average Bonchev–Trinajstić information content (AvgIpc) is 1.87. The third-order valence-corrected chi connectivity index (χ3v) is 0.893. The van der Waals surface area contributed by atoms with E-state index in [1.807, 2.05) is 0 Å². The largest absolute Gasteiger partial charge is 0.478 e. The lowest BCUT2D eigenvalue weighted by molar-refractivity contribution is -0.132. The number of hydrogen-bond donors (Lipinski definition) is 2. The zero-order valence-electron chi connectivity index (χ0n) is 6.09. The summed E-state index contributed by atoms with van der Waals surface area (Å²) in [5.41, 5.74) is 0.255. The van der Waals surface area contributed by atoms with Crippen LogP contribution in [0.3, 0.4) is 0 Å². The molecule has 0 aliphatic rings. The van der Waals surface area contributed by atoms with Crippen molar-refractivity contribution in [1.29, 1.82) is 0 Å². The first-order chi connectivity index (χ1) is 4.72. The van der Waals surface area contributed by atoms with E-state index < -0.39 is 5.97 Å². The Morgan fingerprint density at radius 1 is 1.60 bits per heavy atom. The molecule has 0 aliphatic heterocycles. The molecule has 3 heteroatoms. The highest BCUT2D eigenvalue weighted by atomic mass is 16.4. The van der Waals surface area contributed by atoms with Gasteiger partial charge in [-0.15, -0.1) is 0 Å². The lowest BCUT2D eigenvalue weighted by Crippen LogP contribution is -2.03. The van der Waals surface area contributed by atoms with E-state index in [0.717, 1.165) is 0 Å². The molecule has 0 bridgehead atoms. The monoisotopic (exact) mass is 141 g/mol. The molecule has 0 saturated heterocycles. The van der Waals surface area contributed by atoms with Crippen molar-refractivity contribution in [2.75, 3.05) is 7.05 Å². The Morgan fingerprint density at radius 2 is 2.20 bits per heavy atom. The summed E-state index contributed by atoms with van der Waals surface area (Å²) in [4.78, 5) is 10.3. The van der Waals surface area contributed by atoms with Crippen LogP contribution in [-0.2, 0) is 4.79 Å². The third-order valence-electron chi connectivity index (χ3n) is 0.893. The Balaban J connectivity index is 4.26. The van der Waals surface area contributed by atoms with Crippen LogP contribution in [0.4, 0.5) is 0 Å². The molecule has 0 heterocycles. The fraction of sp³-hybridized carbons (Fsp3) is 0.286. The molecule has 0 atom stereocenters. The third kappa shape index (κ3) is 2.91. The normalized spacial score (nSPS) is 12.0. The van der Waals surface area contributed by atoms with Gasteiger partial charge in [0.1, 0.15) is 0 Å². The average molecular weight is 141 g/mol. The lowest BCUT2D eigenvalue weighted by atomic mass is 10.3. The summed E-state index contributed by atoms with van der Waals surface area (Å²) in [5, 5.41) is 11.1. The van der Waals surface area contributed by atoms with Gasteiger partial charge in [-0.3, -0.25) is 0 Å². The molecule has 0 unspecified atom stereocenters. The number of allylic oxidation sites excluding steroid dienone is 1. The highest BCUT2D eigenvalue weighted by Gasteiger charge is 1.99. The van der Waals surface area contributed by atoms with Crippen molar-refractivity contribution in [2.24, 2.45) is 0 Å². The minimum absolute atomic E-state index is 0.255. The molecule has 10 heavy (non-hydrogen) atoms. The van der Waals surface area contributed by atoms with E-state index in [0.29, 0.717) is 0 Å². The Bertz CT molecular complexity index is 170. The molecule has 56 valence electrons. The second kappa shape index (κ2) is 4.61. The summed E-state index contributed by atoms with van der Waals surface area (Å²) in [5.74, 6) is -0.924. The van der Waals surface area contributed by atoms with Gasteiger partial charge in [0.15, 0.2) is 0 Å². The Hall–Kier alpha value is -1.25. The van der Waals surface area contributed by atoms with Gasteiger partial charge >= 0.3 is 5.97 Å². The quantitative estimate of drug-likeness (QED) is 0.450. The molecule has 0 aromatic heterocycles. The van der Waals surface area contributed by atoms with Crippen LogP contribution in [-0.4, -0.2) is 18.1 Å². The van der Waals surface area contributed by atoms with Crippen molar-refractivity contribution in [3.63, 3.8) is 0 Å². The van der Waals surface area contributed by atoms with Crippen LogP contribution in [0, 0.1) is 0 Å². The maximum atomic E-state index is 10.3. The lowest BCUT2D eigenvalue weighted by Gasteiger charge is -1.92. The number of hydrogen-bond acceptors (Lipinski definition) is 2. The SMILES string of the molecule is C/C=C\C(=C/NC)C(=O)O. The van der Waals surface area contributed by atoms with E-state index in [1.165, 1.54) is 12.3 Å². The number of aliphatic carboxylic acids is 1. The van der Waals surface area contributed by atoms with E-state index >= 15 is 0 Å². The van der Waals surface area contributed by atoms with Gasteiger partial charge in [0.25, 0.3) is 0 Å². The van der Waals surface area contributed by atoms with Crippen molar-refractivity contribution in [3.8, 4) is 0 Å². The van der Waals surface area contributed by atoms with Crippen LogP contribution < -0.4 is 5.32 Å². The number of carboxylic acid groups (broad SMARTS) is 1. The van der Waals surface area contributed by atoms with Crippen LogP contribution in [0.1, 0.15) is 6.92 Å². The fourth-order valence-corrected chi connectivity index (χ4v) is 0.516. The minimum Gasteiger partial charge on any atom is -0.478 e. The summed E-state index contributed by atoms with van der Waals surface area (Å²) in [7, 11) is 1.66. The summed E-state index contributed by atoms with van der Waals surface area (Å²) in [6.07, 6.45) is 4.64. The van der Waals surface area contributed by atoms with Gasteiger partial charge in [0, 0.05) is 13.2 Å². The first-order valence-electron chi connectivity index (χ1n) is 2.95. The summed E-state index contributed by atoms with van der Waals surface area (Å²) >= 11 is 0. The summed E-state index contributed by atoms with van der Waals surface area (Å²) < 4.78 is 0. The minimum atomic E-state index is -0.924. The van der Waals surface area contributed by atoms with E-state index in [1.54, 1.807) is 20.0 Å².